The fourth-order valence-electron chi connectivity index (χ4n) is 2.88. The zero-order chi connectivity index (χ0) is 18.0. The van der Waals surface area contributed by atoms with Gasteiger partial charge in [-0.25, -0.2) is 0 Å². The molecule has 0 radical (unpaired) electrons. The Morgan fingerprint density at radius 1 is 1.25 bits per heavy atom. The van der Waals surface area contributed by atoms with E-state index in [9.17, 15) is 14.7 Å². The Labute approximate surface area is 142 Å². The third kappa shape index (κ3) is 4.06. The lowest BCUT2D eigenvalue weighted by atomic mass is 9.88. The summed E-state index contributed by atoms with van der Waals surface area (Å²) in [6, 6.07) is 6.93. The Bertz CT molecular complexity index is 605. The van der Waals surface area contributed by atoms with Crippen LogP contribution in [0.15, 0.2) is 24.3 Å². The van der Waals surface area contributed by atoms with E-state index in [-0.39, 0.29) is 24.7 Å². The zero-order valence-corrected chi connectivity index (χ0v) is 14.7. The van der Waals surface area contributed by atoms with Gasteiger partial charge in [0.15, 0.2) is 0 Å². The molecule has 0 spiro atoms. The van der Waals surface area contributed by atoms with Crippen LogP contribution in [0.25, 0.3) is 0 Å². The molecule has 0 aliphatic carbocycles. The minimum absolute atomic E-state index is 0.102. The fraction of sp³-hybridized carbons (Fsp3) is 0.556. The van der Waals surface area contributed by atoms with E-state index >= 15 is 0 Å². The summed E-state index contributed by atoms with van der Waals surface area (Å²) < 4.78 is 10.8. The van der Waals surface area contributed by atoms with Crippen LogP contribution in [0.3, 0.4) is 0 Å². The molecule has 1 N–H and O–H groups in total. The zero-order valence-electron chi connectivity index (χ0n) is 14.7. The molecule has 1 unspecified atom stereocenters. The van der Waals surface area contributed by atoms with Crippen LogP contribution in [-0.2, 0) is 9.53 Å². The quantitative estimate of drug-likeness (QED) is 0.894. The van der Waals surface area contributed by atoms with Gasteiger partial charge in [-0.1, -0.05) is 0 Å². The number of carbonyl (C=O) groups is 2. The molecular weight excluding hydrogens is 310 g/mol. The standard InChI is InChI=1S/C18H25NO5/c1-17(2,3)24-14-7-5-13(6-8-14)15(20)19-10-9-18(11-19,12-23-4)16(21)22/h5-8H,9-12H2,1-4H3,(H,21,22). The third-order valence-electron chi connectivity index (χ3n) is 4.04. The normalized spacial score (nSPS) is 20.9. The lowest BCUT2D eigenvalue weighted by Gasteiger charge is -2.24. The molecule has 132 valence electrons. The van der Waals surface area contributed by atoms with Crippen molar-refractivity contribution >= 4 is 11.9 Å². The number of hydrogen-bond acceptors (Lipinski definition) is 4. The third-order valence-corrected chi connectivity index (χ3v) is 4.04. The molecule has 24 heavy (non-hydrogen) atoms. The summed E-state index contributed by atoms with van der Waals surface area (Å²) in [6.07, 6.45) is 0.396. The smallest absolute Gasteiger partial charge is 0.313 e. The van der Waals surface area contributed by atoms with Crippen molar-refractivity contribution in [3.63, 3.8) is 0 Å². The molecule has 1 aliphatic heterocycles. The maximum atomic E-state index is 12.6. The number of benzene rings is 1. The molecule has 2 rings (SSSR count). The Kier molecular flexibility index (Phi) is 5.18. The van der Waals surface area contributed by atoms with Crippen LogP contribution in [-0.4, -0.2) is 54.3 Å². The monoisotopic (exact) mass is 335 g/mol. The number of rotatable bonds is 5. The van der Waals surface area contributed by atoms with Crippen LogP contribution >= 0.6 is 0 Å². The van der Waals surface area contributed by atoms with Crippen molar-refractivity contribution in [1.29, 1.82) is 0 Å². The lowest BCUT2D eigenvalue weighted by Crippen LogP contribution is -2.40. The van der Waals surface area contributed by atoms with Gasteiger partial charge in [0.25, 0.3) is 5.91 Å². The van der Waals surface area contributed by atoms with Gasteiger partial charge in [0, 0.05) is 25.8 Å². The fourth-order valence-corrected chi connectivity index (χ4v) is 2.88. The van der Waals surface area contributed by atoms with E-state index in [4.69, 9.17) is 9.47 Å². The molecule has 1 saturated heterocycles. The van der Waals surface area contributed by atoms with Crippen LogP contribution in [0.4, 0.5) is 0 Å². The van der Waals surface area contributed by atoms with Crippen molar-refractivity contribution in [1.82, 2.24) is 4.90 Å². The van der Waals surface area contributed by atoms with Crippen molar-refractivity contribution in [2.75, 3.05) is 26.8 Å². The lowest BCUT2D eigenvalue weighted by molar-refractivity contribution is -0.151. The highest BCUT2D eigenvalue weighted by Gasteiger charge is 2.46. The molecule has 1 aliphatic rings. The topological polar surface area (TPSA) is 76.1 Å². The second-order valence-corrected chi connectivity index (χ2v) is 7.23. The second-order valence-electron chi connectivity index (χ2n) is 7.23. The highest BCUT2D eigenvalue weighted by atomic mass is 16.5. The first-order chi connectivity index (χ1) is 11.2. The minimum Gasteiger partial charge on any atom is -0.488 e. The van der Waals surface area contributed by atoms with Gasteiger partial charge < -0.3 is 19.5 Å². The molecule has 1 aromatic carbocycles. The maximum Gasteiger partial charge on any atom is 0.313 e. The second kappa shape index (κ2) is 6.81. The number of likely N-dealkylation sites (tertiary alicyclic amines) is 1. The van der Waals surface area contributed by atoms with E-state index < -0.39 is 11.4 Å². The van der Waals surface area contributed by atoms with Crippen LogP contribution in [0.2, 0.25) is 0 Å². The van der Waals surface area contributed by atoms with E-state index in [1.807, 2.05) is 20.8 Å². The van der Waals surface area contributed by atoms with E-state index in [1.54, 1.807) is 29.2 Å². The molecule has 1 heterocycles. The van der Waals surface area contributed by atoms with Crippen molar-refractivity contribution in [3.05, 3.63) is 29.8 Å². The number of carboxylic acid groups (broad SMARTS) is 1. The minimum atomic E-state index is -1.01. The Morgan fingerprint density at radius 2 is 1.88 bits per heavy atom. The number of methoxy groups -OCH3 is 1. The molecule has 6 heteroatoms. The average Bonchev–Trinajstić information content (AvgIpc) is 2.92. The summed E-state index contributed by atoms with van der Waals surface area (Å²) in [5, 5.41) is 9.48. The van der Waals surface area contributed by atoms with Crippen molar-refractivity contribution in [3.8, 4) is 5.75 Å². The summed E-state index contributed by atoms with van der Waals surface area (Å²) in [7, 11) is 1.48. The van der Waals surface area contributed by atoms with Crippen LogP contribution < -0.4 is 4.74 Å². The first-order valence-electron chi connectivity index (χ1n) is 7.98. The largest absolute Gasteiger partial charge is 0.488 e. The Hall–Kier alpha value is -2.08. The molecule has 1 amide bonds. The SMILES string of the molecule is COCC1(C(=O)O)CCN(C(=O)c2ccc(OC(C)(C)C)cc2)C1. The Morgan fingerprint density at radius 3 is 2.38 bits per heavy atom. The predicted molar refractivity (Wildman–Crippen MR) is 89.3 cm³/mol. The summed E-state index contributed by atoms with van der Waals surface area (Å²) in [6.45, 7) is 6.54. The number of aliphatic carboxylic acids is 1. The molecule has 6 nitrogen and oxygen atoms in total. The van der Waals surface area contributed by atoms with Gasteiger partial charge in [-0.15, -0.1) is 0 Å². The van der Waals surface area contributed by atoms with Gasteiger partial charge in [-0.3, -0.25) is 9.59 Å². The average molecular weight is 335 g/mol. The molecule has 1 fully saturated rings. The van der Waals surface area contributed by atoms with Gasteiger partial charge in [-0.2, -0.15) is 0 Å². The molecule has 0 saturated carbocycles. The van der Waals surface area contributed by atoms with E-state index in [1.165, 1.54) is 7.11 Å². The first-order valence-corrected chi connectivity index (χ1v) is 7.98. The predicted octanol–water partition coefficient (Wildman–Crippen LogP) is 2.43. The molecule has 0 bridgehead atoms. The van der Waals surface area contributed by atoms with Crippen molar-refractivity contribution < 1.29 is 24.2 Å². The number of nitrogens with zero attached hydrogens (tertiary/aromatic N) is 1. The highest BCUT2D eigenvalue weighted by Crippen LogP contribution is 2.32. The molecular formula is C18H25NO5. The van der Waals surface area contributed by atoms with Gasteiger partial charge in [-0.05, 0) is 51.5 Å². The number of carboxylic acids is 1. The van der Waals surface area contributed by atoms with Crippen LogP contribution in [0, 0.1) is 5.41 Å². The summed E-state index contributed by atoms with van der Waals surface area (Å²) in [5.41, 5.74) is -0.795. The highest BCUT2D eigenvalue weighted by molar-refractivity contribution is 5.95. The van der Waals surface area contributed by atoms with Gasteiger partial charge in [0.1, 0.15) is 16.8 Å². The van der Waals surface area contributed by atoms with Gasteiger partial charge in [0.2, 0.25) is 0 Å². The van der Waals surface area contributed by atoms with E-state index in [0.29, 0.717) is 24.3 Å². The van der Waals surface area contributed by atoms with Gasteiger partial charge >= 0.3 is 5.97 Å². The maximum absolute atomic E-state index is 12.6. The summed E-state index contributed by atoms with van der Waals surface area (Å²) in [4.78, 5) is 25.7. The number of ether oxygens (including phenoxy) is 2. The van der Waals surface area contributed by atoms with Crippen LogP contribution in [0.5, 0.6) is 5.75 Å². The Balaban J connectivity index is 2.08. The van der Waals surface area contributed by atoms with Crippen molar-refractivity contribution in [2.24, 2.45) is 5.41 Å². The van der Waals surface area contributed by atoms with Crippen LogP contribution in [0.1, 0.15) is 37.6 Å². The number of amides is 1. The molecule has 1 aromatic rings. The van der Waals surface area contributed by atoms with E-state index in [2.05, 4.69) is 0 Å². The van der Waals surface area contributed by atoms with Crippen molar-refractivity contribution in [2.45, 2.75) is 32.8 Å². The number of carbonyl (C=O) groups excluding carboxylic acids is 1. The summed E-state index contributed by atoms with van der Waals surface area (Å²) in [5.74, 6) is -0.398. The summed E-state index contributed by atoms with van der Waals surface area (Å²) >= 11 is 0. The number of hydrogen-bond donors (Lipinski definition) is 1. The molecule has 1 atom stereocenters. The van der Waals surface area contributed by atoms with Gasteiger partial charge in [0.05, 0.1) is 6.61 Å². The molecule has 0 aromatic heterocycles. The van der Waals surface area contributed by atoms with E-state index in [0.717, 1.165) is 0 Å². The first kappa shape index (κ1) is 18.3.